The maximum atomic E-state index is 6.79. The first-order chi connectivity index (χ1) is 14.7. The summed E-state index contributed by atoms with van der Waals surface area (Å²) in [4.78, 5) is 0. The molecule has 2 aromatic carbocycles. The van der Waals surface area contributed by atoms with Crippen LogP contribution in [0.5, 0.6) is 0 Å². The van der Waals surface area contributed by atoms with E-state index in [2.05, 4.69) is 68.5 Å². The fourth-order valence-electron chi connectivity index (χ4n) is 6.02. The van der Waals surface area contributed by atoms with Gasteiger partial charge in [0.25, 0.3) is 0 Å². The molecular formula is C28H34O2. The maximum Gasteiger partial charge on any atom is 0.177 e. The molecule has 1 saturated heterocycles. The lowest BCUT2D eigenvalue weighted by Crippen LogP contribution is -2.44. The molecule has 30 heavy (non-hydrogen) atoms. The third kappa shape index (κ3) is 3.16. The molecule has 2 aromatic rings. The average Bonchev–Trinajstić information content (AvgIpc) is 3.37. The van der Waals surface area contributed by atoms with Crippen LogP contribution >= 0.6 is 0 Å². The van der Waals surface area contributed by atoms with Gasteiger partial charge in [0.1, 0.15) is 0 Å². The standard InChI is InChI=1S/C28H34O2/c1-3-4-5-11-21(2)30-28-17-10-16-27(28,18-19-29-28)20-26-24-14-8-6-12-22(24)23-13-7-9-15-25(23)26/h6-9,12-15,20-21H,3-5,10-11,16-19H2,1-2H3/t21?,27-,28+/m1/s1. The first-order valence-corrected chi connectivity index (χ1v) is 11.9. The molecule has 1 saturated carbocycles. The largest absolute Gasteiger partial charge is 0.349 e. The topological polar surface area (TPSA) is 18.5 Å². The lowest BCUT2D eigenvalue weighted by atomic mass is 9.77. The number of benzene rings is 2. The quantitative estimate of drug-likeness (QED) is 0.384. The molecule has 3 aliphatic rings. The summed E-state index contributed by atoms with van der Waals surface area (Å²) in [5.41, 5.74) is 6.78. The van der Waals surface area contributed by atoms with E-state index in [1.165, 1.54) is 53.5 Å². The molecule has 1 aliphatic heterocycles. The Balaban J connectivity index is 1.52. The SMILES string of the molecule is CCCCCC(C)O[C@@]12CCC[C@]1(C=C1c3ccccc3-c3ccccc31)CCO2. The van der Waals surface area contributed by atoms with Crippen molar-refractivity contribution >= 4 is 5.57 Å². The lowest BCUT2D eigenvalue weighted by molar-refractivity contribution is -0.258. The van der Waals surface area contributed by atoms with E-state index in [4.69, 9.17) is 9.47 Å². The summed E-state index contributed by atoms with van der Waals surface area (Å²) < 4.78 is 13.3. The molecule has 5 rings (SSSR count). The maximum absolute atomic E-state index is 6.79. The molecule has 0 aromatic heterocycles. The molecular weight excluding hydrogens is 368 g/mol. The predicted molar refractivity (Wildman–Crippen MR) is 123 cm³/mol. The molecule has 0 spiro atoms. The monoisotopic (exact) mass is 402 g/mol. The van der Waals surface area contributed by atoms with Gasteiger partial charge in [-0.15, -0.1) is 0 Å². The van der Waals surface area contributed by atoms with Gasteiger partial charge in [0.2, 0.25) is 0 Å². The van der Waals surface area contributed by atoms with E-state index in [0.717, 1.165) is 32.3 Å². The number of rotatable bonds is 7. The average molecular weight is 403 g/mol. The Morgan fingerprint density at radius 3 is 2.27 bits per heavy atom. The molecule has 0 bridgehead atoms. The van der Waals surface area contributed by atoms with Crippen molar-refractivity contribution in [2.75, 3.05) is 6.61 Å². The zero-order chi connectivity index (χ0) is 20.6. The van der Waals surface area contributed by atoms with E-state index in [-0.39, 0.29) is 11.5 Å². The van der Waals surface area contributed by atoms with Crippen LogP contribution in [0.25, 0.3) is 16.7 Å². The van der Waals surface area contributed by atoms with Gasteiger partial charge in [0, 0.05) is 11.8 Å². The molecule has 1 heterocycles. The Morgan fingerprint density at radius 1 is 0.933 bits per heavy atom. The third-order valence-corrected chi connectivity index (χ3v) is 7.52. The van der Waals surface area contributed by atoms with Crippen molar-refractivity contribution in [1.29, 1.82) is 0 Å². The van der Waals surface area contributed by atoms with Gasteiger partial charge in [-0.25, -0.2) is 0 Å². The normalized spacial score (nSPS) is 27.6. The minimum absolute atomic E-state index is 0.0219. The zero-order valence-corrected chi connectivity index (χ0v) is 18.5. The van der Waals surface area contributed by atoms with Crippen LogP contribution in [0, 0.1) is 5.41 Å². The summed E-state index contributed by atoms with van der Waals surface area (Å²) >= 11 is 0. The van der Waals surface area contributed by atoms with Crippen molar-refractivity contribution in [3.63, 3.8) is 0 Å². The highest BCUT2D eigenvalue weighted by Gasteiger charge is 2.60. The van der Waals surface area contributed by atoms with Gasteiger partial charge in [-0.2, -0.15) is 0 Å². The van der Waals surface area contributed by atoms with Gasteiger partial charge >= 0.3 is 0 Å². The summed E-state index contributed by atoms with van der Waals surface area (Å²) in [6, 6.07) is 17.7. The Bertz CT molecular complexity index is 884. The van der Waals surface area contributed by atoms with Gasteiger partial charge in [-0.1, -0.05) is 80.8 Å². The van der Waals surface area contributed by atoms with Crippen LogP contribution in [0.15, 0.2) is 54.6 Å². The molecule has 158 valence electrons. The highest BCUT2D eigenvalue weighted by atomic mass is 16.7. The molecule has 2 heteroatoms. The van der Waals surface area contributed by atoms with Crippen molar-refractivity contribution in [1.82, 2.24) is 0 Å². The molecule has 1 unspecified atom stereocenters. The first kappa shape index (κ1) is 20.0. The van der Waals surface area contributed by atoms with Crippen LogP contribution in [0.4, 0.5) is 0 Å². The van der Waals surface area contributed by atoms with E-state index in [9.17, 15) is 0 Å². The van der Waals surface area contributed by atoms with Crippen molar-refractivity contribution in [3.05, 3.63) is 65.7 Å². The second kappa shape index (κ2) is 7.98. The lowest BCUT2D eigenvalue weighted by Gasteiger charge is -2.39. The predicted octanol–water partition coefficient (Wildman–Crippen LogP) is 7.37. The Hall–Kier alpha value is -1.90. The first-order valence-electron chi connectivity index (χ1n) is 11.9. The van der Waals surface area contributed by atoms with Gasteiger partial charge < -0.3 is 9.47 Å². The summed E-state index contributed by atoms with van der Waals surface area (Å²) in [5.74, 6) is -0.446. The van der Waals surface area contributed by atoms with Crippen molar-refractivity contribution in [3.8, 4) is 11.1 Å². The molecule has 0 N–H and O–H groups in total. The third-order valence-electron chi connectivity index (χ3n) is 7.52. The molecule has 0 amide bonds. The van der Waals surface area contributed by atoms with Crippen LogP contribution in [0.3, 0.4) is 0 Å². The van der Waals surface area contributed by atoms with Crippen molar-refractivity contribution < 1.29 is 9.47 Å². The van der Waals surface area contributed by atoms with E-state index in [0.29, 0.717) is 0 Å². The minimum Gasteiger partial charge on any atom is -0.349 e. The fourth-order valence-corrected chi connectivity index (χ4v) is 6.02. The second-order valence-corrected chi connectivity index (χ2v) is 9.43. The molecule has 2 nitrogen and oxygen atoms in total. The number of unbranched alkanes of at least 4 members (excludes halogenated alkanes) is 2. The molecule has 0 radical (unpaired) electrons. The van der Waals surface area contributed by atoms with Crippen LogP contribution in [-0.2, 0) is 9.47 Å². The Labute approximate surface area is 181 Å². The number of fused-ring (bicyclic) bond motifs is 4. The van der Waals surface area contributed by atoms with Crippen LogP contribution in [-0.4, -0.2) is 18.5 Å². The second-order valence-electron chi connectivity index (χ2n) is 9.43. The highest BCUT2D eigenvalue weighted by molar-refractivity contribution is 6.01. The fraction of sp³-hybridized carbons (Fsp3) is 0.500. The van der Waals surface area contributed by atoms with Crippen LogP contribution in [0.2, 0.25) is 0 Å². The highest BCUT2D eigenvalue weighted by Crippen LogP contribution is 2.59. The van der Waals surface area contributed by atoms with Gasteiger partial charge in [-0.05, 0) is 60.4 Å². The van der Waals surface area contributed by atoms with Gasteiger partial charge in [-0.3, -0.25) is 0 Å². The minimum atomic E-state index is -0.446. The summed E-state index contributed by atoms with van der Waals surface area (Å²) in [5, 5.41) is 0. The van der Waals surface area contributed by atoms with E-state index >= 15 is 0 Å². The Kier molecular flexibility index (Phi) is 5.33. The molecule has 3 atom stereocenters. The number of hydrogen-bond acceptors (Lipinski definition) is 2. The van der Waals surface area contributed by atoms with E-state index in [1.807, 2.05) is 0 Å². The molecule has 2 aliphatic carbocycles. The van der Waals surface area contributed by atoms with E-state index < -0.39 is 5.79 Å². The van der Waals surface area contributed by atoms with Crippen molar-refractivity contribution in [2.45, 2.75) is 77.1 Å². The Morgan fingerprint density at radius 2 is 1.60 bits per heavy atom. The molecule has 2 fully saturated rings. The van der Waals surface area contributed by atoms with Gasteiger partial charge in [0.05, 0.1) is 12.7 Å². The zero-order valence-electron chi connectivity index (χ0n) is 18.5. The summed E-state index contributed by atoms with van der Waals surface area (Å²) in [7, 11) is 0. The smallest absolute Gasteiger partial charge is 0.177 e. The number of ether oxygens (including phenoxy) is 2. The number of hydrogen-bond donors (Lipinski definition) is 0. The van der Waals surface area contributed by atoms with Crippen molar-refractivity contribution in [2.24, 2.45) is 5.41 Å². The van der Waals surface area contributed by atoms with E-state index in [1.54, 1.807) is 0 Å². The van der Waals surface area contributed by atoms with Gasteiger partial charge in [0.15, 0.2) is 5.79 Å². The summed E-state index contributed by atoms with van der Waals surface area (Å²) in [6.07, 6.45) is 12.1. The van der Waals surface area contributed by atoms with Crippen LogP contribution < -0.4 is 0 Å². The summed E-state index contributed by atoms with van der Waals surface area (Å²) in [6.45, 7) is 5.30. The van der Waals surface area contributed by atoms with Crippen LogP contribution in [0.1, 0.15) is 76.3 Å².